The normalized spacial score (nSPS) is 10.7. The van der Waals surface area contributed by atoms with Crippen LogP contribution in [0.15, 0.2) is 12.1 Å². The molecule has 0 radical (unpaired) electrons. The number of carbonyl (C=O) groups is 1. The zero-order chi connectivity index (χ0) is 13.4. The number of fused-ring (bicyclic) bond motifs is 1. The second-order valence-corrected chi connectivity index (χ2v) is 4.05. The van der Waals surface area contributed by atoms with Crippen LogP contribution in [-0.4, -0.2) is 23.2 Å². The van der Waals surface area contributed by atoms with Crippen LogP contribution in [0.2, 0.25) is 0 Å². The van der Waals surface area contributed by atoms with E-state index in [1.165, 1.54) is 13.2 Å². The zero-order valence-corrected chi connectivity index (χ0v) is 10.2. The summed E-state index contributed by atoms with van der Waals surface area (Å²) in [6.45, 7) is 3.28. The van der Waals surface area contributed by atoms with Crippen molar-refractivity contribution in [3.8, 4) is 5.75 Å². The highest BCUT2D eigenvalue weighted by molar-refractivity contribution is 6.05. The lowest BCUT2D eigenvalue weighted by Crippen LogP contribution is -2.06. The van der Waals surface area contributed by atoms with Gasteiger partial charge >= 0.3 is 5.97 Å². The number of pyridine rings is 1. The summed E-state index contributed by atoms with van der Waals surface area (Å²) in [6, 6.07) is 2.92. The average molecular weight is 249 g/mol. The summed E-state index contributed by atoms with van der Waals surface area (Å²) < 4.78 is 18.9. The summed E-state index contributed by atoms with van der Waals surface area (Å²) in [7, 11) is 1.37. The van der Waals surface area contributed by atoms with Gasteiger partial charge in [0.15, 0.2) is 5.75 Å². The predicted molar refractivity (Wildman–Crippen MR) is 64.7 cm³/mol. The summed E-state index contributed by atoms with van der Waals surface area (Å²) in [5, 5.41) is 9.52. The van der Waals surface area contributed by atoms with Crippen LogP contribution in [-0.2, 0) is 0 Å². The second kappa shape index (κ2) is 4.25. The highest BCUT2D eigenvalue weighted by Crippen LogP contribution is 2.31. The Balaban J connectivity index is 3.01. The van der Waals surface area contributed by atoms with Crippen molar-refractivity contribution in [1.82, 2.24) is 4.98 Å². The molecular formula is C13H12FNO3. The minimum absolute atomic E-state index is 0.0521. The number of hydrogen-bond acceptors (Lipinski definition) is 3. The van der Waals surface area contributed by atoms with Crippen molar-refractivity contribution in [2.75, 3.05) is 7.11 Å². The maximum absolute atomic E-state index is 13.8. The first kappa shape index (κ1) is 12.3. The number of aromatic nitrogens is 1. The standard InChI is InChI=1S/C13H12FNO3/c1-6-4-8-10(13(16)17)12(18-3)7(2)15-11(8)9(14)5-6/h4-5H,1-3H3,(H,16,17). The molecule has 1 heterocycles. The number of rotatable bonds is 2. The van der Waals surface area contributed by atoms with Crippen molar-refractivity contribution in [3.05, 3.63) is 34.8 Å². The SMILES string of the molecule is COc1c(C)nc2c(F)cc(C)cc2c1C(=O)O. The van der Waals surface area contributed by atoms with E-state index in [1.807, 2.05) is 0 Å². The van der Waals surface area contributed by atoms with Crippen LogP contribution in [0, 0.1) is 19.7 Å². The van der Waals surface area contributed by atoms with Crippen molar-refractivity contribution < 1.29 is 19.0 Å². The number of carboxylic acid groups (broad SMARTS) is 1. The second-order valence-electron chi connectivity index (χ2n) is 4.05. The average Bonchev–Trinajstić information content (AvgIpc) is 2.28. The number of hydrogen-bond donors (Lipinski definition) is 1. The van der Waals surface area contributed by atoms with E-state index in [4.69, 9.17) is 4.74 Å². The first-order valence-corrected chi connectivity index (χ1v) is 5.33. The lowest BCUT2D eigenvalue weighted by atomic mass is 10.0. The largest absolute Gasteiger partial charge is 0.494 e. The topological polar surface area (TPSA) is 59.4 Å². The number of aromatic carboxylic acids is 1. The van der Waals surface area contributed by atoms with E-state index in [0.29, 0.717) is 11.3 Å². The molecule has 0 spiro atoms. The van der Waals surface area contributed by atoms with Crippen LogP contribution >= 0.6 is 0 Å². The molecule has 2 rings (SSSR count). The van der Waals surface area contributed by atoms with Gasteiger partial charge in [0.2, 0.25) is 0 Å². The van der Waals surface area contributed by atoms with E-state index < -0.39 is 11.8 Å². The molecule has 0 aliphatic rings. The van der Waals surface area contributed by atoms with Crippen molar-refractivity contribution in [1.29, 1.82) is 0 Å². The van der Waals surface area contributed by atoms with Gasteiger partial charge in [-0.15, -0.1) is 0 Å². The third kappa shape index (κ3) is 1.77. The van der Waals surface area contributed by atoms with Crippen LogP contribution < -0.4 is 4.74 Å². The molecule has 1 aromatic carbocycles. The number of ether oxygens (including phenoxy) is 1. The zero-order valence-electron chi connectivity index (χ0n) is 10.2. The number of nitrogens with zero attached hydrogens (tertiary/aromatic N) is 1. The minimum Gasteiger partial charge on any atom is -0.494 e. The molecule has 0 bridgehead atoms. The van der Waals surface area contributed by atoms with Gasteiger partial charge in [0.05, 0.1) is 12.8 Å². The van der Waals surface area contributed by atoms with Crippen molar-refractivity contribution >= 4 is 16.9 Å². The van der Waals surface area contributed by atoms with Crippen molar-refractivity contribution in [2.24, 2.45) is 0 Å². The third-order valence-corrected chi connectivity index (χ3v) is 2.73. The molecule has 1 aromatic heterocycles. The van der Waals surface area contributed by atoms with Crippen LogP contribution in [0.1, 0.15) is 21.6 Å². The fourth-order valence-corrected chi connectivity index (χ4v) is 2.02. The number of carboxylic acids is 1. The lowest BCUT2D eigenvalue weighted by Gasteiger charge is -2.12. The summed E-state index contributed by atoms with van der Waals surface area (Å²) in [4.78, 5) is 15.4. The Morgan fingerprint density at radius 3 is 2.61 bits per heavy atom. The number of methoxy groups -OCH3 is 1. The molecule has 94 valence electrons. The Hall–Kier alpha value is -2.17. The molecule has 1 N–H and O–H groups in total. The summed E-state index contributed by atoms with van der Waals surface area (Å²) in [5.74, 6) is -1.52. The van der Waals surface area contributed by atoms with Gasteiger partial charge in [-0.05, 0) is 31.5 Å². The van der Waals surface area contributed by atoms with Crippen molar-refractivity contribution in [2.45, 2.75) is 13.8 Å². The van der Waals surface area contributed by atoms with Gasteiger partial charge in [-0.2, -0.15) is 0 Å². The Bertz CT molecular complexity index is 652. The predicted octanol–water partition coefficient (Wildman–Crippen LogP) is 2.70. The van der Waals surface area contributed by atoms with Gasteiger partial charge in [-0.1, -0.05) is 0 Å². The molecule has 0 amide bonds. The Labute approximate surface area is 103 Å². The van der Waals surface area contributed by atoms with E-state index >= 15 is 0 Å². The third-order valence-electron chi connectivity index (χ3n) is 2.73. The first-order chi connectivity index (χ1) is 8.45. The highest BCUT2D eigenvalue weighted by atomic mass is 19.1. The molecule has 0 atom stereocenters. The monoisotopic (exact) mass is 249 g/mol. The van der Waals surface area contributed by atoms with Crippen LogP contribution in [0.4, 0.5) is 4.39 Å². The molecule has 2 aromatic rings. The summed E-state index contributed by atoms with van der Waals surface area (Å²) in [5.41, 5.74) is 0.985. The van der Waals surface area contributed by atoms with E-state index in [2.05, 4.69) is 4.98 Å². The lowest BCUT2D eigenvalue weighted by molar-refractivity contribution is 0.0695. The molecule has 5 heteroatoms. The molecule has 4 nitrogen and oxygen atoms in total. The highest BCUT2D eigenvalue weighted by Gasteiger charge is 2.21. The van der Waals surface area contributed by atoms with Crippen LogP contribution in [0.3, 0.4) is 0 Å². The minimum atomic E-state index is -1.16. The maximum atomic E-state index is 13.8. The number of aryl methyl sites for hydroxylation is 2. The van der Waals surface area contributed by atoms with E-state index in [9.17, 15) is 14.3 Å². The summed E-state index contributed by atoms with van der Waals surface area (Å²) in [6.07, 6.45) is 0. The fraction of sp³-hybridized carbons (Fsp3) is 0.231. The summed E-state index contributed by atoms with van der Waals surface area (Å²) >= 11 is 0. The van der Waals surface area contributed by atoms with E-state index in [1.54, 1.807) is 19.9 Å². The molecular weight excluding hydrogens is 237 g/mol. The quantitative estimate of drug-likeness (QED) is 0.888. The van der Waals surface area contributed by atoms with Crippen LogP contribution in [0.5, 0.6) is 5.75 Å². The number of benzene rings is 1. The van der Waals surface area contributed by atoms with Gasteiger partial charge in [0, 0.05) is 5.39 Å². The van der Waals surface area contributed by atoms with Crippen molar-refractivity contribution in [3.63, 3.8) is 0 Å². The van der Waals surface area contributed by atoms with E-state index in [0.717, 1.165) is 0 Å². The Morgan fingerprint density at radius 2 is 2.06 bits per heavy atom. The smallest absolute Gasteiger partial charge is 0.340 e. The fourth-order valence-electron chi connectivity index (χ4n) is 2.02. The number of halogens is 1. The maximum Gasteiger partial charge on any atom is 0.340 e. The molecule has 0 unspecified atom stereocenters. The Kier molecular flexibility index (Phi) is 2.90. The molecule has 0 saturated heterocycles. The Morgan fingerprint density at radius 1 is 1.39 bits per heavy atom. The van der Waals surface area contributed by atoms with Gasteiger partial charge in [0.25, 0.3) is 0 Å². The van der Waals surface area contributed by atoms with Gasteiger partial charge in [0.1, 0.15) is 16.9 Å². The molecule has 0 fully saturated rings. The van der Waals surface area contributed by atoms with Gasteiger partial charge in [-0.25, -0.2) is 14.2 Å². The molecule has 0 saturated carbocycles. The van der Waals surface area contributed by atoms with E-state index in [-0.39, 0.29) is 22.2 Å². The van der Waals surface area contributed by atoms with Gasteiger partial charge in [-0.3, -0.25) is 0 Å². The molecule has 18 heavy (non-hydrogen) atoms. The molecule has 0 aliphatic heterocycles. The first-order valence-electron chi connectivity index (χ1n) is 5.33. The molecule has 0 aliphatic carbocycles. The van der Waals surface area contributed by atoms with Gasteiger partial charge < -0.3 is 9.84 Å². The van der Waals surface area contributed by atoms with Crippen LogP contribution in [0.25, 0.3) is 10.9 Å².